The number of hydrogen-bond donors (Lipinski definition) is 1. The van der Waals surface area contributed by atoms with E-state index in [-0.39, 0.29) is 0 Å². The Bertz CT molecular complexity index is 694. The topological polar surface area (TPSA) is 45.5 Å². The first-order valence-corrected chi connectivity index (χ1v) is 10.4. The van der Waals surface area contributed by atoms with Crippen LogP contribution >= 0.6 is 11.8 Å². The van der Waals surface area contributed by atoms with Crippen LogP contribution in [0.5, 0.6) is 0 Å². The molecule has 26 heavy (non-hydrogen) atoms. The number of hydrogen-bond acceptors (Lipinski definition) is 3. The smallest absolute Gasteiger partial charge is 0.193 e. The average Bonchev–Trinajstić information content (AvgIpc) is 3.20. The maximum Gasteiger partial charge on any atom is 0.193 e. The molecule has 0 saturated carbocycles. The number of benzene rings is 1. The predicted octanol–water partition coefficient (Wildman–Crippen LogP) is 3.06. The van der Waals surface area contributed by atoms with Crippen LogP contribution in [0.15, 0.2) is 47.7 Å². The average molecular weight is 372 g/mol. The molecule has 5 nitrogen and oxygen atoms in total. The van der Waals surface area contributed by atoms with Gasteiger partial charge in [0.15, 0.2) is 5.96 Å². The van der Waals surface area contributed by atoms with Gasteiger partial charge in [0.1, 0.15) is 0 Å². The first-order chi connectivity index (χ1) is 12.7. The van der Waals surface area contributed by atoms with E-state index in [4.69, 9.17) is 0 Å². The van der Waals surface area contributed by atoms with E-state index in [9.17, 15) is 0 Å². The van der Waals surface area contributed by atoms with Crippen LogP contribution in [0.2, 0.25) is 0 Å². The van der Waals surface area contributed by atoms with Crippen molar-refractivity contribution in [3.05, 3.63) is 48.3 Å². The number of aliphatic imine (C=N–C) groups is 1. The summed E-state index contributed by atoms with van der Waals surface area (Å²) in [5, 5.41) is 8.49. The van der Waals surface area contributed by atoms with Crippen molar-refractivity contribution in [3.63, 3.8) is 0 Å². The molecule has 1 saturated heterocycles. The van der Waals surface area contributed by atoms with E-state index < -0.39 is 0 Å². The van der Waals surface area contributed by atoms with Gasteiger partial charge in [-0.1, -0.05) is 26.0 Å². The van der Waals surface area contributed by atoms with Gasteiger partial charge in [0.2, 0.25) is 0 Å². The molecule has 0 bridgehead atoms. The van der Waals surface area contributed by atoms with Crippen molar-refractivity contribution in [3.8, 4) is 5.69 Å². The van der Waals surface area contributed by atoms with E-state index >= 15 is 0 Å². The molecule has 1 aliphatic rings. The highest BCUT2D eigenvalue weighted by Crippen LogP contribution is 2.24. The summed E-state index contributed by atoms with van der Waals surface area (Å²) >= 11 is 2.09. The summed E-state index contributed by atoms with van der Waals surface area (Å²) in [5.74, 6) is 2.91. The number of aromatic nitrogens is 2. The lowest BCUT2D eigenvalue weighted by molar-refractivity contribution is 0.381. The molecule has 0 radical (unpaired) electrons. The van der Waals surface area contributed by atoms with Crippen molar-refractivity contribution in [2.45, 2.75) is 25.5 Å². The van der Waals surface area contributed by atoms with Gasteiger partial charge < -0.3 is 10.2 Å². The van der Waals surface area contributed by atoms with E-state index in [0.717, 1.165) is 37.7 Å². The number of rotatable bonds is 5. The van der Waals surface area contributed by atoms with Crippen LogP contribution in [-0.2, 0) is 6.42 Å². The van der Waals surface area contributed by atoms with Crippen molar-refractivity contribution >= 4 is 17.7 Å². The van der Waals surface area contributed by atoms with Gasteiger partial charge in [-0.2, -0.15) is 16.9 Å². The zero-order valence-electron chi connectivity index (χ0n) is 15.9. The summed E-state index contributed by atoms with van der Waals surface area (Å²) in [6.45, 7) is 7.67. The Morgan fingerprint density at radius 3 is 2.81 bits per heavy atom. The minimum Gasteiger partial charge on any atom is -0.356 e. The van der Waals surface area contributed by atoms with Crippen molar-refractivity contribution in [1.82, 2.24) is 20.0 Å². The summed E-state index contributed by atoms with van der Waals surface area (Å²) < 4.78 is 1.88. The van der Waals surface area contributed by atoms with E-state index in [0.29, 0.717) is 11.2 Å². The van der Waals surface area contributed by atoms with Gasteiger partial charge >= 0.3 is 0 Å². The molecule has 2 aromatic rings. The maximum absolute atomic E-state index is 4.50. The molecule has 140 valence electrons. The van der Waals surface area contributed by atoms with E-state index in [2.05, 4.69) is 70.2 Å². The summed E-state index contributed by atoms with van der Waals surface area (Å²) in [4.78, 5) is 6.90. The van der Waals surface area contributed by atoms with Gasteiger partial charge in [0.05, 0.1) is 5.69 Å². The third kappa shape index (κ3) is 4.81. The zero-order valence-corrected chi connectivity index (χ0v) is 16.7. The lowest BCUT2D eigenvalue weighted by Crippen LogP contribution is -2.49. The van der Waals surface area contributed by atoms with Crippen LogP contribution in [0.4, 0.5) is 0 Å². The van der Waals surface area contributed by atoms with Gasteiger partial charge in [0, 0.05) is 50.1 Å². The fraction of sp³-hybridized carbons (Fsp3) is 0.500. The molecular weight excluding hydrogens is 342 g/mol. The molecule has 1 aliphatic heterocycles. The second-order valence-electron chi connectivity index (χ2n) is 6.94. The molecule has 6 heteroatoms. The molecule has 1 N–H and O–H groups in total. The quantitative estimate of drug-likeness (QED) is 0.648. The predicted molar refractivity (Wildman–Crippen MR) is 111 cm³/mol. The Balaban J connectivity index is 1.50. The van der Waals surface area contributed by atoms with Crippen LogP contribution in [0.1, 0.15) is 19.4 Å². The number of nitrogens with one attached hydrogen (secondary N) is 1. The largest absolute Gasteiger partial charge is 0.356 e. The molecular formula is C20H29N5S. The van der Waals surface area contributed by atoms with Gasteiger partial charge in [-0.3, -0.25) is 4.99 Å². The van der Waals surface area contributed by atoms with E-state index in [1.54, 1.807) is 6.20 Å². The second kappa shape index (κ2) is 9.12. The molecule has 0 aliphatic carbocycles. The van der Waals surface area contributed by atoms with Crippen LogP contribution < -0.4 is 5.32 Å². The molecule has 0 amide bonds. The highest BCUT2D eigenvalue weighted by Gasteiger charge is 2.24. The van der Waals surface area contributed by atoms with Crippen molar-refractivity contribution in [2.24, 2.45) is 10.9 Å². The Morgan fingerprint density at radius 1 is 1.35 bits per heavy atom. The minimum atomic E-state index is 0.692. The molecule has 1 unspecified atom stereocenters. The van der Waals surface area contributed by atoms with Crippen molar-refractivity contribution in [2.75, 3.05) is 32.4 Å². The van der Waals surface area contributed by atoms with Gasteiger partial charge in [0.25, 0.3) is 0 Å². The molecule has 1 fully saturated rings. The summed E-state index contributed by atoms with van der Waals surface area (Å²) in [6.07, 6.45) is 4.74. The Hall–Kier alpha value is -1.95. The number of nitrogens with zero attached hydrogens (tertiary/aromatic N) is 4. The standard InChI is InChI=1S/C20H29N5S/c1-16(2)19-15-24(13-14-26-19)20(21-3)22-11-9-17-5-7-18(8-6-17)25-12-4-10-23-25/h4-8,10,12,16,19H,9,11,13-15H2,1-3H3,(H,21,22). The second-order valence-corrected chi connectivity index (χ2v) is 8.29. The Morgan fingerprint density at radius 2 is 2.15 bits per heavy atom. The molecule has 1 aromatic carbocycles. The van der Waals surface area contributed by atoms with Crippen LogP contribution in [0, 0.1) is 5.92 Å². The monoisotopic (exact) mass is 371 g/mol. The van der Waals surface area contributed by atoms with Crippen LogP contribution in [0.25, 0.3) is 5.69 Å². The molecule has 3 rings (SSSR count). The molecule has 0 spiro atoms. The molecule has 1 aromatic heterocycles. The summed E-state index contributed by atoms with van der Waals surface area (Å²) in [7, 11) is 1.88. The fourth-order valence-electron chi connectivity index (χ4n) is 3.16. The van der Waals surface area contributed by atoms with Crippen LogP contribution in [-0.4, -0.2) is 58.3 Å². The third-order valence-corrected chi connectivity index (χ3v) is 6.29. The van der Waals surface area contributed by atoms with Crippen molar-refractivity contribution in [1.29, 1.82) is 0 Å². The first-order valence-electron chi connectivity index (χ1n) is 9.33. The Labute approximate surface area is 160 Å². The highest BCUT2D eigenvalue weighted by molar-refractivity contribution is 8.00. The lowest BCUT2D eigenvalue weighted by Gasteiger charge is -2.36. The zero-order chi connectivity index (χ0) is 18.4. The SMILES string of the molecule is CN=C(NCCc1ccc(-n2cccn2)cc1)N1CCSC(C(C)C)C1. The minimum absolute atomic E-state index is 0.692. The number of thioether (sulfide) groups is 1. The maximum atomic E-state index is 4.50. The van der Waals surface area contributed by atoms with Crippen molar-refractivity contribution < 1.29 is 0 Å². The molecule has 2 heterocycles. The Kier molecular flexibility index (Phi) is 6.61. The third-order valence-electron chi connectivity index (χ3n) is 4.75. The van der Waals surface area contributed by atoms with Gasteiger partial charge in [-0.25, -0.2) is 4.68 Å². The van der Waals surface area contributed by atoms with Gasteiger partial charge in [-0.15, -0.1) is 0 Å². The summed E-state index contributed by atoms with van der Waals surface area (Å²) in [6, 6.07) is 10.5. The lowest BCUT2D eigenvalue weighted by atomic mass is 10.1. The van der Waals surface area contributed by atoms with E-state index in [1.807, 2.05) is 24.0 Å². The summed E-state index contributed by atoms with van der Waals surface area (Å²) in [5.41, 5.74) is 2.41. The number of guanidine groups is 1. The first kappa shape index (κ1) is 18.8. The fourth-order valence-corrected chi connectivity index (χ4v) is 4.46. The highest BCUT2D eigenvalue weighted by atomic mass is 32.2. The van der Waals surface area contributed by atoms with Crippen LogP contribution in [0.3, 0.4) is 0 Å². The van der Waals surface area contributed by atoms with Gasteiger partial charge in [-0.05, 0) is 36.1 Å². The van der Waals surface area contributed by atoms with E-state index in [1.165, 1.54) is 11.3 Å². The molecule has 1 atom stereocenters. The normalized spacial score (nSPS) is 18.4.